The van der Waals surface area contributed by atoms with E-state index >= 15 is 0 Å². The van der Waals surface area contributed by atoms with Crippen molar-refractivity contribution < 1.29 is 13.9 Å². The molecular formula is C15H15FN2O2. The summed E-state index contributed by atoms with van der Waals surface area (Å²) in [5.41, 5.74) is -0.110. The Kier molecular flexibility index (Phi) is 5.11. The van der Waals surface area contributed by atoms with Crippen molar-refractivity contribution in [1.82, 2.24) is 5.32 Å². The highest BCUT2D eigenvalue weighted by molar-refractivity contribution is 5.68. The van der Waals surface area contributed by atoms with Gasteiger partial charge in [-0.3, -0.25) is 0 Å². The lowest BCUT2D eigenvalue weighted by atomic mass is 10.1. The molecule has 0 spiro atoms. The zero-order valence-corrected chi connectivity index (χ0v) is 11.6. The second kappa shape index (κ2) is 6.58. The van der Waals surface area contributed by atoms with Crippen LogP contribution in [0, 0.1) is 29.0 Å². The second-order valence-corrected chi connectivity index (χ2v) is 4.96. The molecule has 0 atom stereocenters. The van der Waals surface area contributed by atoms with Gasteiger partial charge >= 0.3 is 6.09 Å². The molecule has 0 saturated carbocycles. The predicted octanol–water partition coefficient (Wildman–Crippen LogP) is 2.57. The summed E-state index contributed by atoms with van der Waals surface area (Å²) in [5.74, 6) is 4.84. The van der Waals surface area contributed by atoms with Crippen molar-refractivity contribution in [1.29, 1.82) is 5.26 Å². The van der Waals surface area contributed by atoms with Crippen LogP contribution in [0.4, 0.5) is 9.18 Å². The van der Waals surface area contributed by atoms with Crippen LogP contribution < -0.4 is 5.32 Å². The molecule has 0 aromatic heterocycles. The number of carbonyl (C=O) groups excluding carboxylic acids is 1. The first-order valence-electron chi connectivity index (χ1n) is 5.97. The van der Waals surface area contributed by atoms with Gasteiger partial charge in [0.25, 0.3) is 0 Å². The van der Waals surface area contributed by atoms with Crippen LogP contribution in [-0.4, -0.2) is 18.2 Å². The fraction of sp³-hybridized carbons (Fsp3) is 0.333. The summed E-state index contributed by atoms with van der Waals surface area (Å²) in [6.07, 6.45) is -0.552. The van der Waals surface area contributed by atoms with E-state index in [0.29, 0.717) is 5.56 Å². The topological polar surface area (TPSA) is 62.1 Å². The van der Waals surface area contributed by atoms with Crippen molar-refractivity contribution in [3.63, 3.8) is 0 Å². The minimum absolute atomic E-state index is 0.0584. The third-order valence-corrected chi connectivity index (χ3v) is 2.04. The largest absolute Gasteiger partial charge is 0.444 e. The highest BCUT2D eigenvalue weighted by Gasteiger charge is 2.14. The summed E-state index contributed by atoms with van der Waals surface area (Å²) in [7, 11) is 0. The van der Waals surface area contributed by atoms with E-state index in [1.54, 1.807) is 26.8 Å². The lowest BCUT2D eigenvalue weighted by molar-refractivity contribution is 0.0535. The van der Waals surface area contributed by atoms with Gasteiger partial charge in [-0.25, -0.2) is 9.18 Å². The first-order chi connectivity index (χ1) is 9.31. The number of nitriles is 1. The van der Waals surface area contributed by atoms with Gasteiger partial charge in [0, 0.05) is 5.56 Å². The quantitative estimate of drug-likeness (QED) is 0.801. The highest BCUT2D eigenvalue weighted by atomic mass is 19.1. The van der Waals surface area contributed by atoms with E-state index in [-0.39, 0.29) is 12.1 Å². The van der Waals surface area contributed by atoms with Gasteiger partial charge in [-0.2, -0.15) is 5.26 Å². The first-order valence-corrected chi connectivity index (χ1v) is 5.97. The van der Waals surface area contributed by atoms with E-state index < -0.39 is 17.5 Å². The molecule has 0 unspecified atom stereocenters. The molecule has 0 heterocycles. The van der Waals surface area contributed by atoms with Crippen molar-refractivity contribution in [3.8, 4) is 17.9 Å². The molecule has 0 saturated heterocycles. The molecule has 0 aliphatic heterocycles. The summed E-state index contributed by atoms with van der Waals surface area (Å²) in [4.78, 5) is 11.3. The molecule has 1 amide bonds. The van der Waals surface area contributed by atoms with Crippen LogP contribution in [0.3, 0.4) is 0 Å². The molecule has 0 fully saturated rings. The molecule has 5 heteroatoms. The number of amides is 1. The van der Waals surface area contributed by atoms with Crippen molar-refractivity contribution in [2.75, 3.05) is 6.54 Å². The van der Waals surface area contributed by atoms with E-state index in [4.69, 9.17) is 10.00 Å². The van der Waals surface area contributed by atoms with Gasteiger partial charge in [0.05, 0.1) is 12.1 Å². The van der Waals surface area contributed by atoms with Gasteiger partial charge in [-0.05, 0) is 39.0 Å². The van der Waals surface area contributed by atoms with Gasteiger partial charge in [0.15, 0.2) is 0 Å². The SMILES string of the molecule is CC(C)(C)OC(=O)NCC#Cc1ccc(F)c(C#N)c1. The predicted molar refractivity (Wildman–Crippen MR) is 72.2 cm³/mol. The molecule has 104 valence electrons. The molecule has 4 nitrogen and oxygen atoms in total. The summed E-state index contributed by atoms with van der Waals surface area (Å²) in [5, 5.41) is 11.2. The van der Waals surface area contributed by atoms with Gasteiger partial charge < -0.3 is 10.1 Å². The second-order valence-electron chi connectivity index (χ2n) is 4.96. The Morgan fingerprint density at radius 1 is 1.45 bits per heavy atom. The molecule has 0 aliphatic carbocycles. The van der Waals surface area contributed by atoms with E-state index in [1.165, 1.54) is 18.2 Å². The number of carbonyl (C=O) groups is 1. The van der Waals surface area contributed by atoms with E-state index in [9.17, 15) is 9.18 Å². The fourth-order valence-corrected chi connectivity index (χ4v) is 1.27. The standard InChI is InChI=1S/C15H15FN2O2/c1-15(2,3)20-14(19)18-8-4-5-11-6-7-13(16)12(9-11)10-17/h6-7,9H,8H2,1-3H3,(H,18,19). The Hall–Kier alpha value is -2.53. The number of rotatable bonds is 1. The first kappa shape index (κ1) is 15.5. The Labute approximate surface area is 117 Å². The molecule has 1 rings (SSSR count). The fourth-order valence-electron chi connectivity index (χ4n) is 1.27. The number of alkyl carbamates (subject to hydrolysis) is 1. The molecule has 20 heavy (non-hydrogen) atoms. The lowest BCUT2D eigenvalue weighted by Crippen LogP contribution is -2.32. The maximum Gasteiger partial charge on any atom is 0.408 e. The molecule has 1 N–H and O–H groups in total. The Morgan fingerprint density at radius 2 is 2.15 bits per heavy atom. The van der Waals surface area contributed by atoms with Crippen LogP contribution in [-0.2, 0) is 4.74 Å². The summed E-state index contributed by atoms with van der Waals surface area (Å²) in [6.45, 7) is 5.40. The Balaban J connectivity index is 2.56. The molecule has 0 radical (unpaired) electrons. The number of benzene rings is 1. The Morgan fingerprint density at radius 3 is 2.75 bits per heavy atom. The van der Waals surface area contributed by atoms with Gasteiger partial charge in [0.2, 0.25) is 0 Å². The summed E-state index contributed by atoms with van der Waals surface area (Å²) < 4.78 is 18.1. The maximum atomic E-state index is 13.1. The van der Waals surface area contributed by atoms with Crippen LogP contribution in [0.5, 0.6) is 0 Å². The lowest BCUT2D eigenvalue weighted by Gasteiger charge is -2.18. The Bertz CT molecular complexity index is 601. The average molecular weight is 274 g/mol. The molecule has 1 aromatic carbocycles. The van der Waals surface area contributed by atoms with Gasteiger partial charge in [0.1, 0.15) is 17.5 Å². The van der Waals surface area contributed by atoms with Crippen LogP contribution in [0.2, 0.25) is 0 Å². The minimum Gasteiger partial charge on any atom is -0.444 e. The number of nitrogens with one attached hydrogen (secondary N) is 1. The highest BCUT2D eigenvalue weighted by Crippen LogP contribution is 2.08. The minimum atomic E-state index is -0.579. The molecule has 1 aromatic rings. The number of hydrogen-bond donors (Lipinski definition) is 1. The number of hydrogen-bond acceptors (Lipinski definition) is 3. The van der Waals surface area contributed by atoms with Gasteiger partial charge in [-0.15, -0.1) is 0 Å². The van der Waals surface area contributed by atoms with Crippen LogP contribution in [0.15, 0.2) is 18.2 Å². The van der Waals surface area contributed by atoms with Crippen molar-refractivity contribution in [2.45, 2.75) is 26.4 Å². The zero-order valence-electron chi connectivity index (χ0n) is 11.6. The number of nitrogens with zero attached hydrogens (tertiary/aromatic N) is 1. The van der Waals surface area contributed by atoms with Crippen molar-refractivity contribution in [2.24, 2.45) is 0 Å². The van der Waals surface area contributed by atoms with E-state index in [1.807, 2.05) is 0 Å². The van der Waals surface area contributed by atoms with Gasteiger partial charge in [-0.1, -0.05) is 11.8 Å². The van der Waals surface area contributed by atoms with Crippen molar-refractivity contribution in [3.05, 3.63) is 35.1 Å². The van der Waals surface area contributed by atoms with E-state index in [2.05, 4.69) is 17.2 Å². The maximum absolute atomic E-state index is 13.1. The average Bonchev–Trinajstić information content (AvgIpc) is 2.34. The summed E-state index contributed by atoms with van der Waals surface area (Å²) >= 11 is 0. The normalized spacial score (nSPS) is 9.95. The molecule has 0 aliphatic rings. The number of halogens is 1. The van der Waals surface area contributed by atoms with Crippen molar-refractivity contribution >= 4 is 6.09 Å². The third-order valence-electron chi connectivity index (χ3n) is 2.04. The zero-order chi connectivity index (χ0) is 15.2. The molecule has 0 bridgehead atoms. The summed E-state index contributed by atoms with van der Waals surface area (Å²) in [6, 6.07) is 5.75. The molecular weight excluding hydrogens is 259 g/mol. The van der Waals surface area contributed by atoms with Crippen LogP contribution in [0.25, 0.3) is 0 Å². The smallest absolute Gasteiger partial charge is 0.408 e. The van der Waals surface area contributed by atoms with Crippen LogP contribution in [0.1, 0.15) is 31.9 Å². The number of ether oxygens (including phenoxy) is 1. The third kappa shape index (κ3) is 5.41. The van der Waals surface area contributed by atoms with E-state index in [0.717, 1.165) is 0 Å². The van der Waals surface area contributed by atoms with Crippen LogP contribution >= 0.6 is 0 Å². The monoisotopic (exact) mass is 274 g/mol.